The minimum Gasteiger partial charge on any atom is -0.456 e. The summed E-state index contributed by atoms with van der Waals surface area (Å²) in [6.45, 7) is 4.68. The highest BCUT2D eigenvalue weighted by Crippen LogP contribution is 2.58. The Morgan fingerprint density at radius 1 is 0.675 bits per heavy atom. The third kappa shape index (κ3) is 3.36. The Hall–Kier alpha value is -4.82. The van der Waals surface area contributed by atoms with Crippen LogP contribution < -0.4 is 10.1 Å². The quantitative estimate of drug-likeness (QED) is 0.287. The van der Waals surface area contributed by atoms with Crippen LogP contribution in [-0.4, -0.2) is 6.04 Å². The first kappa shape index (κ1) is 23.1. The van der Waals surface area contributed by atoms with Gasteiger partial charge in [-0.05, 0) is 86.7 Å². The Morgan fingerprint density at radius 2 is 1.45 bits per heavy atom. The maximum atomic E-state index is 6.64. The van der Waals surface area contributed by atoms with Gasteiger partial charge >= 0.3 is 0 Å². The molecule has 4 aromatic carbocycles. The first-order chi connectivity index (χ1) is 19.6. The molecule has 2 nitrogen and oxygen atoms in total. The maximum absolute atomic E-state index is 6.64. The molecule has 2 heteroatoms. The van der Waals surface area contributed by atoms with Crippen LogP contribution in [-0.2, 0) is 5.41 Å². The Kier molecular flexibility index (Phi) is 4.96. The minimum absolute atomic E-state index is 0.142. The van der Waals surface area contributed by atoms with Crippen molar-refractivity contribution in [3.8, 4) is 22.6 Å². The van der Waals surface area contributed by atoms with E-state index < -0.39 is 0 Å². The fraction of sp³-hybridized carbons (Fsp3) is 0.105. The van der Waals surface area contributed by atoms with Gasteiger partial charge in [0.25, 0.3) is 0 Å². The maximum Gasteiger partial charge on any atom is 0.135 e. The number of benzene rings is 4. The van der Waals surface area contributed by atoms with Crippen molar-refractivity contribution < 1.29 is 4.74 Å². The van der Waals surface area contributed by atoms with Crippen molar-refractivity contribution in [3.63, 3.8) is 0 Å². The third-order valence-electron chi connectivity index (χ3n) is 8.74. The number of fused-ring (bicyclic) bond motifs is 7. The van der Waals surface area contributed by atoms with E-state index in [4.69, 9.17) is 4.74 Å². The molecule has 0 fully saturated rings. The average molecular weight is 516 g/mol. The first-order valence-electron chi connectivity index (χ1n) is 14.0. The molecular weight excluding hydrogens is 486 g/mol. The largest absolute Gasteiger partial charge is 0.456 e. The number of nitrogens with one attached hydrogen (secondary N) is 1. The van der Waals surface area contributed by atoms with Gasteiger partial charge in [0, 0.05) is 16.5 Å². The van der Waals surface area contributed by atoms with Crippen LogP contribution in [0.25, 0.3) is 27.8 Å². The van der Waals surface area contributed by atoms with E-state index >= 15 is 0 Å². The van der Waals surface area contributed by atoms with E-state index in [1.807, 2.05) is 0 Å². The fourth-order valence-corrected chi connectivity index (χ4v) is 6.86. The molecule has 0 saturated heterocycles. The predicted octanol–water partition coefficient (Wildman–Crippen LogP) is 9.07. The SMILES string of the molecule is CC1(C)C2=C(c3cc(-c4cccc(C5=C6C=CC=CC6NC=C5)c4)ccc3Oc3ccccc32)c2ccccc21. The highest BCUT2D eigenvalue weighted by molar-refractivity contribution is 6.10. The van der Waals surface area contributed by atoms with Crippen LogP contribution in [0.15, 0.2) is 133 Å². The summed E-state index contributed by atoms with van der Waals surface area (Å²) in [6, 6.07) is 33.1. The second kappa shape index (κ2) is 8.59. The summed E-state index contributed by atoms with van der Waals surface area (Å²) in [5.74, 6) is 1.82. The fourth-order valence-electron chi connectivity index (χ4n) is 6.86. The predicted molar refractivity (Wildman–Crippen MR) is 165 cm³/mol. The van der Waals surface area contributed by atoms with E-state index in [9.17, 15) is 0 Å². The highest BCUT2D eigenvalue weighted by Gasteiger charge is 2.41. The minimum atomic E-state index is -0.142. The van der Waals surface area contributed by atoms with Gasteiger partial charge in [0.05, 0.1) is 6.04 Å². The van der Waals surface area contributed by atoms with Gasteiger partial charge < -0.3 is 10.1 Å². The zero-order valence-electron chi connectivity index (χ0n) is 22.6. The molecule has 2 heterocycles. The molecule has 0 saturated carbocycles. The van der Waals surface area contributed by atoms with Crippen molar-refractivity contribution in [1.29, 1.82) is 0 Å². The van der Waals surface area contributed by atoms with Crippen molar-refractivity contribution in [1.82, 2.24) is 5.32 Å². The van der Waals surface area contributed by atoms with Crippen molar-refractivity contribution >= 4 is 16.7 Å². The molecule has 8 rings (SSSR count). The lowest BCUT2D eigenvalue weighted by atomic mass is 9.78. The van der Waals surface area contributed by atoms with Crippen LogP contribution in [0, 0.1) is 0 Å². The van der Waals surface area contributed by atoms with Crippen molar-refractivity contribution in [2.24, 2.45) is 0 Å². The Balaban J connectivity index is 1.32. The van der Waals surface area contributed by atoms with Gasteiger partial charge in [0.1, 0.15) is 11.5 Å². The second-order valence-electron chi connectivity index (χ2n) is 11.4. The first-order valence-corrected chi connectivity index (χ1v) is 14.0. The zero-order chi connectivity index (χ0) is 26.8. The monoisotopic (exact) mass is 515 g/mol. The van der Waals surface area contributed by atoms with Crippen molar-refractivity contribution in [2.45, 2.75) is 25.3 Å². The lowest BCUT2D eigenvalue weighted by Crippen LogP contribution is -2.27. The van der Waals surface area contributed by atoms with Crippen LogP contribution in [0.4, 0.5) is 0 Å². The molecule has 2 aliphatic carbocycles. The van der Waals surface area contributed by atoms with E-state index in [0.29, 0.717) is 0 Å². The Bertz CT molecular complexity index is 1880. The van der Waals surface area contributed by atoms with Gasteiger partial charge in [0.15, 0.2) is 0 Å². The summed E-state index contributed by atoms with van der Waals surface area (Å²) >= 11 is 0. The molecule has 0 amide bonds. The number of hydrogen-bond acceptors (Lipinski definition) is 2. The van der Waals surface area contributed by atoms with Gasteiger partial charge in [-0.15, -0.1) is 0 Å². The number of para-hydroxylation sites is 1. The second-order valence-corrected chi connectivity index (χ2v) is 11.4. The Morgan fingerprint density at radius 3 is 2.38 bits per heavy atom. The number of allylic oxidation sites excluding steroid dienone is 5. The molecule has 1 unspecified atom stereocenters. The zero-order valence-corrected chi connectivity index (χ0v) is 22.6. The molecule has 1 atom stereocenters. The molecule has 4 aromatic rings. The summed E-state index contributed by atoms with van der Waals surface area (Å²) in [7, 11) is 0. The molecule has 1 N–H and O–H groups in total. The number of dihydropyridines is 1. The summed E-state index contributed by atoms with van der Waals surface area (Å²) in [5, 5.41) is 3.46. The van der Waals surface area contributed by atoms with Crippen LogP contribution in [0.3, 0.4) is 0 Å². The summed E-state index contributed by atoms with van der Waals surface area (Å²) < 4.78 is 6.64. The highest BCUT2D eigenvalue weighted by atomic mass is 16.5. The van der Waals surface area contributed by atoms with Crippen molar-refractivity contribution in [3.05, 3.63) is 161 Å². The van der Waals surface area contributed by atoms with E-state index in [2.05, 4.69) is 147 Å². The van der Waals surface area contributed by atoms with Gasteiger partial charge in [-0.25, -0.2) is 0 Å². The summed E-state index contributed by atoms with van der Waals surface area (Å²) in [6.07, 6.45) is 12.9. The lowest BCUT2D eigenvalue weighted by molar-refractivity contribution is 0.480. The molecule has 192 valence electrons. The van der Waals surface area contributed by atoms with E-state index in [1.165, 1.54) is 55.7 Å². The number of rotatable bonds is 2. The summed E-state index contributed by atoms with van der Waals surface area (Å²) in [5.41, 5.74) is 13.6. The average Bonchev–Trinajstić information content (AvgIpc) is 3.13. The Labute approximate surface area is 235 Å². The van der Waals surface area contributed by atoms with Gasteiger partial charge in [0.2, 0.25) is 0 Å². The van der Waals surface area contributed by atoms with Crippen LogP contribution in [0.1, 0.15) is 41.7 Å². The topological polar surface area (TPSA) is 21.3 Å². The van der Waals surface area contributed by atoms with E-state index in [1.54, 1.807) is 0 Å². The van der Waals surface area contributed by atoms with Gasteiger partial charge in [-0.3, -0.25) is 0 Å². The molecule has 0 radical (unpaired) electrons. The van der Waals surface area contributed by atoms with E-state index in [0.717, 1.165) is 17.1 Å². The lowest BCUT2D eigenvalue weighted by Gasteiger charge is -2.25. The summed E-state index contributed by atoms with van der Waals surface area (Å²) in [4.78, 5) is 0. The van der Waals surface area contributed by atoms with Crippen LogP contribution >= 0.6 is 0 Å². The molecule has 4 aliphatic rings. The van der Waals surface area contributed by atoms with Crippen LogP contribution in [0.2, 0.25) is 0 Å². The molecule has 40 heavy (non-hydrogen) atoms. The standard InChI is InChI=1S/C38H29NO/c1-38(2)32-15-6-3-13-29(32)36-31-23-25(18-19-35(31)40-34-17-8-5-14-30(34)37(36)38)24-10-9-11-26(22-24)27-20-21-39-33-16-7-4-12-28(27)33/h3-23,33,39H,1-2H3. The molecule has 0 bridgehead atoms. The van der Waals surface area contributed by atoms with E-state index in [-0.39, 0.29) is 11.5 Å². The smallest absolute Gasteiger partial charge is 0.135 e. The number of hydrogen-bond donors (Lipinski definition) is 1. The van der Waals surface area contributed by atoms with Crippen molar-refractivity contribution in [2.75, 3.05) is 0 Å². The molecule has 0 spiro atoms. The normalized spacial score (nSPS) is 19.1. The van der Waals surface area contributed by atoms with Gasteiger partial charge in [-0.2, -0.15) is 0 Å². The van der Waals surface area contributed by atoms with Crippen LogP contribution in [0.5, 0.6) is 11.5 Å². The third-order valence-corrected chi connectivity index (χ3v) is 8.74. The number of ether oxygens (including phenoxy) is 1. The molecule has 0 aromatic heterocycles. The molecular formula is C38H29NO. The molecule has 2 aliphatic heterocycles. The van der Waals surface area contributed by atoms with Gasteiger partial charge in [-0.1, -0.05) is 105 Å².